The predicted molar refractivity (Wildman–Crippen MR) is 173 cm³/mol. The molecule has 7 rings (SSSR count). The number of anilines is 2. The SMILES string of the molecule is COc1ccc(C(C)(C)c2ccc(Oc3ccc4c(c3)C(=O)N(c3ccc(N5C(=O)c6ccccc6C5=O)cc3)C4=O)cc2)cc1. The van der Waals surface area contributed by atoms with Crippen LogP contribution in [-0.2, 0) is 5.41 Å². The lowest BCUT2D eigenvalue weighted by Gasteiger charge is -2.26. The molecule has 8 nitrogen and oxygen atoms in total. The lowest BCUT2D eigenvalue weighted by molar-refractivity contribution is 0.0909. The standard InChI is InChI=1S/C38H28N2O6/c1-38(2,23-8-16-27(45-3)17-9-23)24-10-18-28(19-11-24)46-29-20-21-32-33(22-29)37(44)40(36(32)43)26-14-12-25(13-15-26)39-34(41)30-6-4-5-7-31(30)35(39)42/h4-22H,1-3H3. The Bertz CT molecular complexity index is 2010. The van der Waals surface area contributed by atoms with Crippen molar-refractivity contribution >= 4 is 35.0 Å². The van der Waals surface area contributed by atoms with Crippen LogP contribution in [-0.4, -0.2) is 30.7 Å². The fraction of sp³-hybridized carbons (Fsp3) is 0.105. The molecule has 0 aromatic heterocycles. The lowest BCUT2D eigenvalue weighted by Crippen LogP contribution is -2.30. The van der Waals surface area contributed by atoms with Gasteiger partial charge in [0, 0.05) is 5.41 Å². The molecule has 0 spiro atoms. The Morgan fingerprint density at radius 1 is 0.478 bits per heavy atom. The van der Waals surface area contributed by atoms with Crippen LogP contribution in [0.4, 0.5) is 11.4 Å². The average molecular weight is 609 g/mol. The maximum atomic E-state index is 13.5. The van der Waals surface area contributed by atoms with Gasteiger partial charge in [0.1, 0.15) is 17.2 Å². The number of methoxy groups -OCH3 is 1. The summed E-state index contributed by atoms with van der Waals surface area (Å²) in [4.78, 5) is 54.7. The zero-order valence-corrected chi connectivity index (χ0v) is 25.3. The van der Waals surface area contributed by atoms with Crippen LogP contribution in [0.3, 0.4) is 0 Å². The summed E-state index contributed by atoms with van der Waals surface area (Å²) in [6.07, 6.45) is 0. The first kappa shape index (κ1) is 28.7. The van der Waals surface area contributed by atoms with E-state index in [1.54, 1.807) is 73.8 Å². The van der Waals surface area contributed by atoms with Gasteiger partial charge in [0.05, 0.1) is 40.7 Å². The number of hydrogen-bond acceptors (Lipinski definition) is 6. The van der Waals surface area contributed by atoms with Crippen molar-refractivity contribution < 1.29 is 28.7 Å². The number of carbonyl (C=O) groups is 4. The molecule has 0 unspecified atom stereocenters. The van der Waals surface area contributed by atoms with Crippen LogP contribution in [0.2, 0.25) is 0 Å². The van der Waals surface area contributed by atoms with Crippen LogP contribution < -0.4 is 19.3 Å². The number of rotatable bonds is 7. The van der Waals surface area contributed by atoms with Gasteiger partial charge in [-0.15, -0.1) is 0 Å². The molecule has 0 radical (unpaired) electrons. The summed E-state index contributed by atoms with van der Waals surface area (Å²) in [6, 6.07) is 33.4. The summed E-state index contributed by atoms with van der Waals surface area (Å²) in [5.41, 5.74) is 3.83. The molecule has 0 fully saturated rings. The molecule has 0 atom stereocenters. The van der Waals surface area contributed by atoms with Gasteiger partial charge in [-0.1, -0.05) is 50.2 Å². The van der Waals surface area contributed by atoms with E-state index in [1.165, 1.54) is 0 Å². The molecule has 2 aliphatic rings. The molecule has 4 amide bonds. The third kappa shape index (κ3) is 4.62. The van der Waals surface area contributed by atoms with E-state index in [0.717, 1.165) is 26.7 Å². The van der Waals surface area contributed by atoms with E-state index in [1.807, 2.05) is 36.4 Å². The smallest absolute Gasteiger partial charge is 0.266 e. The van der Waals surface area contributed by atoms with Crippen LogP contribution in [0, 0.1) is 0 Å². The molecule has 0 N–H and O–H groups in total. The first-order chi connectivity index (χ1) is 22.2. The van der Waals surface area contributed by atoms with E-state index in [2.05, 4.69) is 26.0 Å². The number of hydrogen-bond donors (Lipinski definition) is 0. The molecule has 2 aliphatic heterocycles. The van der Waals surface area contributed by atoms with Gasteiger partial charge in [-0.2, -0.15) is 0 Å². The molecule has 8 heteroatoms. The monoisotopic (exact) mass is 608 g/mol. The Hall–Kier alpha value is -6.02. The Morgan fingerprint density at radius 2 is 0.891 bits per heavy atom. The molecule has 5 aromatic carbocycles. The highest BCUT2D eigenvalue weighted by atomic mass is 16.5. The third-order valence-electron chi connectivity index (χ3n) is 8.64. The first-order valence-electron chi connectivity index (χ1n) is 14.7. The number of amides is 4. The maximum Gasteiger partial charge on any atom is 0.266 e. The highest BCUT2D eigenvalue weighted by molar-refractivity contribution is 6.35. The number of imide groups is 2. The van der Waals surface area contributed by atoms with Gasteiger partial charge in [-0.05, 0) is 90.0 Å². The highest BCUT2D eigenvalue weighted by Gasteiger charge is 2.39. The summed E-state index contributed by atoms with van der Waals surface area (Å²) < 4.78 is 11.4. The van der Waals surface area contributed by atoms with Gasteiger partial charge in [-0.3, -0.25) is 19.2 Å². The summed E-state index contributed by atoms with van der Waals surface area (Å²) in [5, 5.41) is 0. The molecular weight excluding hydrogens is 580 g/mol. The minimum Gasteiger partial charge on any atom is -0.497 e. The quantitative estimate of drug-likeness (QED) is 0.179. The van der Waals surface area contributed by atoms with Gasteiger partial charge >= 0.3 is 0 Å². The van der Waals surface area contributed by atoms with Crippen molar-refractivity contribution in [3.8, 4) is 17.2 Å². The lowest BCUT2D eigenvalue weighted by atomic mass is 9.78. The Kier molecular flexibility index (Phi) is 6.78. The number of carbonyl (C=O) groups excluding carboxylic acids is 4. The van der Waals surface area contributed by atoms with Crippen molar-refractivity contribution in [3.63, 3.8) is 0 Å². The topological polar surface area (TPSA) is 93.2 Å². The van der Waals surface area contributed by atoms with Crippen LogP contribution in [0.1, 0.15) is 66.4 Å². The zero-order chi connectivity index (χ0) is 32.2. The second-order valence-electron chi connectivity index (χ2n) is 11.6. The van der Waals surface area contributed by atoms with Crippen LogP contribution in [0.15, 0.2) is 115 Å². The molecule has 0 bridgehead atoms. The number of benzene rings is 5. The van der Waals surface area contributed by atoms with Crippen molar-refractivity contribution in [2.24, 2.45) is 0 Å². The van der Waals surface area contributed by atoms with Crippen molar-refractivity contribution in [3.05, 3.63) is 149 Å². The Labute approximate surface area is 265 Å². The first-order valence-corrected chi connectivity index (χ1v) is 14.7. The van der Waals surface area contributed by atoms with Crippen molar-refractivity contribution in [2.45, 2.75) is 19.3 Å². The fourth-order valence-electron chi connectivity index (χ4n) is 5.94. The summed E-state index contributed by atoms with van der Waals surface area (Å²) in [7, 11) is 1.65. The molecule has 0 aliphatic carbocycles. The molecule has 46 heavy (non-hydrogen) atoms. The highest BCUT2D eigenvalue weighted by Crippen LogP contribution is 2.36. The number of fused-ring (bicyclic) bond motifs is 2. The predicted octanol–water partition coefficient (Wildman–Crippen LogP) is 7.41. The molecule has 226 valence electrons. The summed E-state index contributed by atoms with van der Waals surface area (Å²) >= 11 is 0. The third-order valence-corrected chi connectivity index (χ3v) is 8.64. The zero-order valence-electron chi connectivity index (χ0n) is 25.3. The Balaban J connectivity index is 1.07. The number of nitrogens with zero attached hydrogens (tertiary/aromatic N) is 2. The Morgan fingerprint density at radius 3 is 1.37 bits per heavy atom. The van der Waals surface area contributed by atoms with Crippen molar-refractivity contribution in [1.29, 1.82) is 0 Å². The van der Waals surface area contributed by atoms with Gasteiger partial charge in [0.15, 0.2) is 0 Å². The van der Waals surface area contributed by atoms with E-state index in [4.69, 9.17) is 9.47 Å². The number of ether oxygens (including phenoxy) is 2. The van der Waals surface area contributed by atoms with E-state index in [0.29, 0.717) is 34.0 Å². The van der Waals surface area contributed by atoms with Crippen molar-refractivity contribution in [2.75, 3.05) is 16.9 Å². The summed E-state index contributed by atoms with van der Waals surface area (Å²) in [5.74, 6) is 0.0185. The van der Waals surface area contributed by atoms with Gasteiger partial charge in [-0.25, -0.2) is 9.80 Å². The van der Waals surface area contributed by atoms with E-state index in [9.17, 15) is 19.2 Å². The van der Waals surface area contributed by atoms with Crippen LogP contribution in [0.5, 0.6) is 17.2 Å². The second-order valence-corrected chi connectivity index (χ2v) is 11.6. The van der Waals surface area contributed by atoms with Crippen LogP contribution in [0.25, 0.3) is 0 Å². The molecule has 5 aromatic rings. The summed E-state index contributed by atoms with van der Waals surface area (Å²) in [6.45, 7) is 4.30. The van der Waals surface area contributed by atoms with Crippen LogP contribution >= 0.6 is 0 Å². The molecule has 0 saturated heterocycles. The second kappa shape index (κ2) is 10.9. The largest absolute Gasteiger partial charge is 0.497 e. The van der Waals surface area contributed by atoms with Gasteiger partial charge < -0.3 is 9.47 Å². The van der Waals surface area contributed by atoms with Gasteiger partial charge in [0.2, 0.25) is 0 Å². The fourth-order valence-corrected chi connectivity index (χ4v) is 5.94. The van der Waals surface area contributed by atoms with E-state index in [-0.39, 0.29) is 16.5 Å². The average Bonchev–Trinajstić information content (AvgIpc) is 3.48. The minimum absolute atomic E-state index is 0.226. The molecule has 2 heterocycles. The van der Waals surface area contributed by atoms with Gasteiger partial charge in [0.25, 0.3) is 23.6 Å². The van der Waals surface area contributed by atoms with Crippen molar-refractivity contribution in [1.82, 2.24) is 0 Å². The minimum atomic E-state index is -0.490. The van der Waals surface area contributed by atoms with E-state index >= 15 is 0 Å². The van der Waals surface area contributed by atoms with E-state index < -0.39 is 23.6 Å². The normalized spacial score (nSPS) is 14.1. The maximum absolute atomic E-state index is 13.5. The molecular formula is C38H28N2O6. The molecule has 0 saturated carbocycles.